The highest BCUT2D eigenvalue weighted by molar-refractivity contribution is 5.91. The lowest BCUT2D eigenvalue weighted by molar-refractivity contribution is -0.114. The van der Waals surface area contributed by atoms with Crippen LogP contribution in [0.3, 0.4) is 0 Å². The van der Waals surface area contributed by atoms with Crippen molar-refractivity contribution in [3.05, 3.63) is 48.0 Å². The third-order valence-electron chi connectivity index (χ3n) is 4.10. The molecule has 8 heteroatoms. The zero-order valence-corrected chi connectivity index (χ0v) is 16.7. The lowest BCUT2D eigenvalue weighted by atomic mass is 10.1. The van der Waals surface area contributed by atoms with Crippen molar-refractivity contribution in [3.63, 3.8) is 0 Å². The van der Waals surface area contributed by atoms with E-state index in [0.29, 0.717) is 28.7 Å². The third-order valence-corrected chi connectivity index (χ3v) is 4.10. The summed E-state index contributed by atoms with van der Waals surface area (Å²) >= 11 is 0. The van der Waals surface area contributed by atoms with E-state index in [0.717, 1.165) is 11.1 Å². The Balaban J connectivity index is 1.85. The number of anilines is 2. The summed E-state index contributed by atoms with van der Waals surface area (Å²) in [7, 11) is 0. The molecule has 0 aliphatic carbocycles. The molecule has 0 radical (unpaired) electrons. The van der Waals surface area contributed by atoms with Crippen LogP contribution >= 0.6 is 0 Å². The molecule has 3 N–H and O–H groups in total. The lowest BCUT2D eigenvalue weighted by Gasteiger charge is -2.10. The first-order valence-electron chi connectivity index (χ1n) is 9.22. The maximum Gasteiger partial charge on any atom is 0.319 e. The summed E-state index contributed by atoms with van der Waals surface area (Å²) < 4.78 is 5.45. The van der Waals surface area contributed by atoms with Crippen molar-refractivity contribution in [2.45, 2.75) is 33.7 Å². The third kappa shape index (κ3) is 4.98. The number of hydrogen-bond donors (Lipinski definition) is 3. The number of urea groups is 1. The molecule has 2 aromatic carbocycles. The molecule has 3 amide bonds. The number of nitrogens with one attached hydrogen (secondary N) is 3. The number of nitrogens with zero attached hydrogens (tertiary/aromatic N) is 2. The van der Waals surface area contributed by atoms with Crippen LogP contribution in [0, 0.1) is 6.92 Å². The van der Waals surface area contributed by atoms with E-state index in [1.54, 1.807) is 18.2 Å². The van der Waals surface area contributed by atoms with Crippen LogP contribution < -0.4 is 16.0 Å². The number of amides is 3. The fourth-order valence-corrected chi connectivity index (χ4v) is 2.81. The SMILES string of the molecule is CC(=O)Nc1cccc(-c2nc(-c3cccc(NC(=O)NC(C)C)c3)no2)c1C. The van der Waals surface area contributed by atoms with Gasteiger partial charge >= 0.3 is 6.03 Å². The van der Waals surface area contributed by atoms with Crippen LogP contribution in [0.5, 0.6) is 0 Å². The van der Waals surface area contributed by atoms with Crippen molar-refractivity contribution < 1.29 is 14.1 Å². The van der Waals surface area contributed by atoms with Gasteiger partial charge in [0.2, 0.25) is 11.7 Å². The van der Waals surface area contributed by atoms with Gasteiger partial charge in [0, 0.05) is 35.5 Å². The maximum atomic E-state index is 11.9. The summed E-state index contributed by atoms with van der Waals surface area (Å²) in [5.41, 5.74) is 3.59. The minimum absolute atomic E-state index is 0.0365. The van der Waals surface area contributed by atoms with E-state index in [9.17, 15) is 9.59 Å². The van der Waals surface area contributed by atoms with Crippen molar-refractivity contribution in [2.75, 3.05) is 10.6 Å². The molecule has 8 nitrogen and oxygen atoms in total. The number of benzene rings is 2. The summed E-state index contributed by atoms with van der Waals surface area (Å²) in [5, 5.41) is 12.4. The highest BCUT2D eigenvalue weighted by atomic mass is 16.5. The Morgan fingerprint density at radius 3 is 2.55 bits per heavy atom. The van der Waals surface area contributed by atoms with E-state index in [2.05, 4.69) is 26.1 Å². The normalized spacial score (nSPS) is 10.7. The van der Waals surface area contributed by atoms with Gasteiger partial charge in [-0.05, 0) is 50.6 Å². The molecule has 0 fully saturated rings. The average molecular weight is 393 g/mol. The van der Waals surface area contributed by atoms with E-state index in [4.69, 9.17) is 4.52 Å². The summed E-state index contributed by atoms with van der Waals surface area (Å²) in [6.45, 7) is 7.11. The van der Waals surface area contributed by atoms with E-state index in [1.807, 2.05) is 45.0 Å². The van der Waals surface area contributed by atoms with E-state index in [1.165, 1.54) is 6.92 Å². The lowest BCUT2D eigenvalue weighted by Crippen LogP contribution is -2.34. The van der Waals surface area contributed by atoms with E-state index < -0.39 is 0 Å². The first kappa shape index (κ1) is 20.1. The minimum atomic E-state index is -0.281. The van der Waals surface area contributed by atoms with Gasteiger partial charge in [0.05, 0.1) is 0 Å². The number of rotatable bonds is 5. The Hall–Kier alpha value is -3.68. The van der Waals surface area contributed by atoms with Gasteiger partial charge < -0.3 is 20.5 Å². The van der Waals surface area contributed by atoms with Crippen LogP contribution in [0.2, 0.25) is 0 Å². The fourth-order valence-electron chi connectivity index (χ4n) is 2.81. The zero-order valence-electron chi connectivity index (χ0n) is 16.7. The molecule has 0 saturated heterocycles. The second-order valence-corrected chi connectivity index (χ2v) is 6.92. The van der Waals surface area contributed by atoms with Crippen molar-refractivity contribution in [2.24, 2.45) is 0 Å². The summed E-state index contributed by atoms with van der Waals surface area (Å²) in [5.74, 6) is 0.597. The predicted molar refractivity (Wildman–Crippen MR) is 112 cm³/mol. The van der Waals surface area contributed by atoms with Crippen molar-refractivity contribution in [3.8, 4) is 22.8 Å². The van der Waals surface area contributed by atoms with Gasteiger partial charge in [0.1, 0.15) is 0 Å². The minimum Gasteiger partial charge on any atom is -0.336 e. The van der Waals surface area contributed by atoms with Crippen molar-refractivity contribution in [1.29, 1.82) is 0 Å². The largest absolute Gasteiger partial charge is 0.336 e. The fraction of sp³-hybridized carbons (Fsp3) is 0.238. The molecule has 0 bridgehead atoms. The zero-order chi connectivity index (χ0) is 21.0. The maximum absolute atomic E-state index is 11.9. The summed E-state index contributed by atoms with van der Waals surface area (Å²) in [6, 6.07) is 12.4. The van der Waals surface area contributed by atoms with Gasteiger partial charge in [0.25, 0.3) is 5.89 Å². The molecule has 0 atom stereocenters. The van der Waals surface area contributed by atoms with Gasteiger partial charge in [-0.2, -0.15) is 4.98 Å². The molecule has 29 heavy (non-hydrogen) atoms. The Bertz CT molecular complexity index is 1040. The molecule has 0 aliphatic rings. The van der Waals surface area contributed by atoms with Crippen LogP contribution in [0.15, 0.2) is 47.0 Å². The highest BCUT2D eigenvalue weighted by Crippen LogP contribution is 2.29. The first-order chi connectivity index (χ1) is 13.8. The number of aromatic nitrogens is 2. The smallest absolute Gasteiger partial charge is 0.319 e. The first-order valence-corrected chi connectivity index (χ1v) is 9.22. The van der Waals surface area contributed by atoms with Crippen molar-refractivity contribution in [1.82, 2.24) is 15.5 Å². The Labute approximate surface area is 168 Å². The van der Waals surface area contributed by atoms with Gasteiger partial charge in [-0.25, -0.2) is 4.79 Å². The molecule has 0 spiro atoms. The second kappa shape index (κ2) is 8.55. The van der Waals surface area contributed by atoms with Crippen LogP contribution in [-0.2, 0) is 4.79 Å². The molecule has 0 unspecified atom stereocenters. The highest BCUT2D eigenvalue weighted by Gasteiger charge is 2.15. The van der Waals surface area contributed by atoms with Crippen molar-refractivity contribution >= 4 is 23.3 Å². The molecule has 3 rings (SSSR count). The van der Waals surface area contributed by atoms with Gasteiger partial charge in [-0.15, -0.1) is 0 Å². The number of carbonyl (C=O) groups is 2. The Kier molecular flexibility index (Phi) is 5.92. The monoisotopic (exact) mass is 393 g/mol. The van der Waals surface area contributed by atoms with Crippen LogP contribution in [0.1, 0.15) is 26.3 Å². The Morgan fingerprint density at radius 1 is 1.07 bits per heavy atom. The van der Waals surface area contributed by atoms with Gasteiger partial charge in [0.15, 0.2) is 0 Å². The molecule has 3 aromatic rings. The van der Waals surface area contributed by atoms with Crippen LogP contribution in [0.4, 0.5) is 16.2 Å². The van der Waals surface area contributed by atoms with Crippen LogP contribution in [-0.4, -0.2) is 28.1 Å². The standard InChI is InChI=1S/C21H23N5O3/c1-12(2)22-21(28)24-16-8-5-7-15(11-16)19-25-20(29-26-19)17-9-6-10-18(13(17)3)23-14(4)27/h5-12H,1-4H3,(H,23,27)(H2,22,24,28). The molecule has 1 aromatic heterocycles. The average Bonchev–Trinajstić information content (AvgIpc) is 3.12. The number of carbonyl (C=O) groups excluding carboxylic acids is 2. The van der Waals surface area contributed by atoms with Crippen LogP contribution in [0.25, 0.3) is 22.8 Å². The molecule has 1 heterocycles. The van der Waals surface area contributed by atoms with Gasteiger partial charge in [-0.1, -0.05) is 23.4 Å². The van der Waals surface area contributed by atoms with E-state index in [-0.39, 0.29) is 18.0 Å². The molecular weight excluding hydrogens is 370 g/mol. The summed E-state index contributed by atoms with van der Waals surface area (Å²) in [6.07, 6.45) is 0. The van der Waals surface area contributed by atoms with Gasteiger partial charge in [-0.3, -0.25) is 4.79 Å². The second-order valence-electron chi connectivity index (χ2n) is 6.92. The topological polar surface area (TPSA) is 109 Å². The summed E-state index contributed by atoms with van der Waals surface area (Å²) in [4.78, 5) is 27.8. The molecule has 150 valence electrons. The number of hydrogen-bond acceptors (Lipinski definition) is 5. The van der Waals surface area contributed by atoms with E-state index >= 15 is 0 Å². The quantitative estimate of drug-likeness (QED) is 0.602. The Morgan fingerprint density at radius 2 is 1.83 bits per heavy atom. The molecular formula is C21H23N5O3. The predicted octanol–water partition coefficient (Wildman–Crippen LogP) is 4.20. The molecule has 0 saturated carbocycles. The molecule has 0 aliphatic heterocycles.